The molecule has 0 radical (unpaired) electrons. The minimum absolute atomic E-state index is 0.00122. The van der Waals surface area contributed by atoms with Gasteiger partial charge in [-0.25, -0.2) is 0 Å². The van der Waals surface area contributed by atoms with Crippen molar-refractivity contribution < 1.29 is 27.8 Å². The molecular formula is C25H27ClF3N3O3. The second-order valence-electron chi connectivity index (χ2n) is 8.98. The Morgan fingerprint density at radius 3 is 2.40 bits per heavy atom. The van der Waals surface area contributed by atoms with Gasteiger partial charge >= 0.3 is 12.1 Å². The van der Waals surface area contributed by atoms with Crippen molar-refractivity contribution in [2.24, 2.45) is 11.0 Å². The van der Waals surface area contributed by atoms with Crippen LogP contribution in [-0.2, 0) is 4.79 Å². The molecule has 35 heavy (non-hydrogen) atoms. The van der Waals surface area contributed by atoms with Gasteiger partial charge in [-0.3, -0.25) is 9.80 Å². The molecule has 2 aromatic rings. The third-order valence-corrected chi connectivity index (χ3v) is 6.87. The number of hydrogen-bond donors (Lipinski definition) is 1. The highest BCUT2D eigenvalue weighted by Gasteiger charge is 2.48. The lowest BCUT2D eigenvalue weighted by Gasteiger charge is -2.35. The van der Waals surface area contributed by atoms with Crippen LogP contribution in [0.3, 0.4) is 0 Å². The van der Waals surface area contributed by atoms with Gasteiger partial charge in [-0.05, 0) is 42.8 Å². The van der Waals surface area contributed by atoms with Crippen molar-refractivity contribution in [1.29, 1.82) is 0 Å². The summed E-state index contributed by atoms with van der Waals surface area (Å²) in [5.41, 5.74) is 1.59. The van der Waals surface area contributed by atoms with Crippen LogP contribution in [0.25, 0.3) is 0 Å². The van der Waals surface area contributed by atoms with Gasteiger partial charge in [0.05, 0.1) is 28.9 Å². The second kappa shape index (κ2) is 9.97. The number of benzene rings is 2. The Labute approximate surface area is 206 Å². The summed E-state index contributed by atoms with van der Waals surface area (Å²) in [5, 5.41) is 14.8. The zero-order valence-corrected chi connectivity index (χ0v) is 20.2. The molecule has 2 heterocycles. The maximum Gasteiger partial charge on any atom is 0.431 e. The number of aryl methyl sites for hydroxylation is 1. The fraction of sp³-hybridized carbons (Fsp3) is 0.440. The monoisotopic (exact) mass is 509 g/mol. The Balaban J connectivity index is 1.42. The minimum Gasteiger partial charge on any atom is -0.490 e. The smallest absolute Gasteiger partial charge is 0.431 e. The van der Waals surface area contributed by atoms with Crippen LogP contribution in [0.5, 0.6) is 5.75 Å². The van der Waals surface area contributed by atoms with E-state index in [2.05, 4.69) is 10.0 Å². The first-order chi connectivity index (χ1) is 16.5. The SMILES string of the molecule is Cc1cccc(Cl)c1N1CCC(Oc2ccc(N3N=C(C(F)(F)F)[C@@H](C)[C@@H]3CC(=O)O)cc2)CC1. The lowest BCUT2D eigenvalue weighted by Crippen LogP contribution is -2.38. The zero-order chi connectivity index (χ0) is 25.3. The third kappa shape index (κ3) is 5.50. The molecular weight excluding hydrogens is 483 g/mol. The molecule has 4 rings (SSSR count). The largest absolute Gasteiger partial charge is 0.490 e. The normalized spacial score (nSPS) is 21.3. The Hall–Kier alpha value is -2.94. The number of piperidine rings is 1. The van der Waals surface area contributed by atoms with Gasteiger partial charge in [-0.2, -0.15) is 18.3 Å². The highest BCUT2D eigenvalue weighted by atomic mass is 35.5. The molecule has 2 atom stereocenters. The van der Waals surface area contributed by atoms with E-state index in [1.807, 2.05) is 25.1 Å². The summed E-state index contributed by atoms with van der Waals surface area (Å²) in [7, 11) is 0. The van der Waals surface area contributed by atoms with Crippen LogP contribution in [0.2, 0.25) is 5.02 Å². The minimum atomic E-state index is -4.62. The van der Waals surface area contributed by atoms with Crippen LogP contribution in [-0.4, -0.2) is 48.2 Å². The number of para-hydroxylation sites is 1. The Bertz CT molecular complexity index is 1080. The molecule has 0 bridgehead atoms. The molecule has 0 spiro atoms. The number of anilines is 2. The molecule has 0 unspecified atom stereocenters. The number of aliphatic carboxylic acids is 1. The molecule has 2 aliphatic heterocycles. The van der Waals surface area contributed by atoms with Crippen LogP contribution in [0.15, 0.2) is 47.6 Å². The molecule has 1 N–H and O–H groups in total. The maximum absolute atomic E-state index is 13.4. The highest BCUT2D eigenvalue weighted by molar-refractivity contribution is 6.33. The average Bonchev–Trinajstić information content (AvgIpc) is 3.11. The first kappa shape index (κ1) is 25.2. The predicted molar refractivity (Wildman–Crippen MR) is 130 cm³/mol. The highest BCUT2D eigenvalue weighted by Crippen LogP contribution is 2.37. The van der Waals surface area contributed by atoms with Crippen molar-refractivity contribution in [3.63, 3.8) is 0 Å². The van der Waals surface area contributed by atoms with Gasteiger partial charge in [0.15, 0.2) is 0 Å². The van der Waals surface area contributed by atoms with E-state index in [4.69, 9.17) is 16.3 Å². The second-order valence-corrected chi connectivity index (χ2v) is 9.39. The summed E-state index contributed by atoms with van der Waals surface area (Å²) in [6, 6.07) is 11.5. The van der Waals surface area contributed by atoms with E-state index in [1.165, 1.54) is 6.92 Å². The van der Waals surface area contributed by atoms with E-state index < -0.39 is 36.2 Å². The molecule has 0 amide bonds. The Morgan fingerprint density at radius 1 is 1.17 bits per heavy atom. The predicted octanol–water partition coefficient (Wildman–Crippen LogP) is 5.91. The number of rotatable bonds is 6. The molecule has 188 valence electrons. The van der Waals surface area contributed by atoms with Gasteiger partial charge < -0.3 is 14.7 Å². The van der Waals surface area contributed by atoms with Crippen LogP contribution < -0.4 is 14.6 Å². The van der Waals surface area contributed by atoms with Crippen molar-refractivity contribution in [3.8, 4) is 5.75 Å². The van der Waals surface area contributed by atoms with E-state index in [9.17, 15) is 23.1 Å². The fourth-order valence-corrected chi connectivity index (χ4v) is 5.11. The maximum atomic E-state index is 13.4. The first-order valence-corrected chi connectivity index (χ1v) is 11.9. The first-order valence-electron chi connectivity index (χ1n) is 11.5. The van der Waals surface area contributed by atoms with Gasteiger partial charge in [-0.15, -0.1) is 0 Å². The average molecular weight is 510 g/mol. The Kier molecular flexibility index (Phi) is 7.17. The summed E-state index contributed by atoms with van der Waals surface area (Å²) in [6.45, 7) is 4.98. The summed E-state index contributed by atoms with van der Waals surface area (Å²) in [4.78, 5) is 13.5. The van der Waals surface area contributed by atoms with Gasteiger partial charge in [0.2, 0.25) is 0 Å². The molecule has 0 saturated carbocycles. The summed E-state index contributed by atoms with van der Waals surface area (Å²) >= 11 is 6.40. The quantitative estimate of drug-likeness (QED) is 0.524. The van der Waals surface area contributed by atoms with E-state index >= 15 is 0 Å². The number of halogens is 4. The molecule has 10 heteroatoms. The van der Waals surface area contributed by atoms with Crippen molar-refractivity contribution in [2.45, 2.75) is 51.4 Å². The third-order valence-electron chi connectivity index (χ3n) is 6.56. The van der Waals surface area contributed by atoms with Crippen molar-refractivity contribution in [3.05, 3.63) is 53.1 Å². The number of carboxylic acids is 1. The fourth-order valence-electron chi connectivity index (χ4n) is 4.77. The van der Waals surface area contributed by atoms with Gasteiger partial charge in [0.1, 0.15) is 17.6 Å². The number of hydrogen-bond acceptors (Lipinski definition) is 5. The molecule has 1 fully saturated rings. The van der Waals surface area contributed by atoms with Gasteiger partial charge in [-0.1, -0.05) is 30.7 Å². The van der Waals surface area contributed by atoms with E-state index in [-0.39, 0.29) is 6.10 Å². The summed E-state index contributed by atoms with van der Waals surface area (Å²) in [5.74, 6) is -1.64. The van der Waals surface area contributed by atoms with E-state index in [1.54, 1.807) is 24.3 Å². The molecule has 6 nitrogen and oxygen atoms in total. The van der Waals surface area contributed by atoms with E-state index in [0.717, 1.165) is 47.2 Å². The standard InChI is InChI=1S/C25H27ClF3N3O3/c1-15-4-3-5-20(26)23(15)31-12-10-19(11-13-31)35-18-8-6-17(7-9-18)32-21(14-22(33)34)16(2)24(30-32)25(27,28)29/h3-9,16,19,21H,10-14H2,1-2H3,(H,33,34)/t16-,21-/m0/s1. The summed E-state index contributed by atoms with van der Waals surface area (Å²) < 4.78 is 46.3. The molecule has 1 saturated heterocycles. The van der Waals surface area contributed by atoms with Crippen molar-refractivity contribution >= 4 is 34.7 Å². The van der Waals surface area contributed by atoms with Gasteiger partial charge in [0, 0.05) is 31.8 Å². The van der Waals surface area contributed by atoms with Gasteiger partial charge in [0.25, 0.3) is 0 Å². The topological polar surface area (TPSA) is 65.4 Å². The number of alkyl halides is 3. The molecule has 2 aliphatic rings. The number of ether oxygens (including phenoxy) is 1. The molecule has 0 aliphatic carbocycles. The zero-order valence-electron chi connectivity index (χ0n) is 19.4. The van der Waals surface area contributed by atoms with E-state index in [0.29, 0.717) is 11.4 Å². The Morgan fingerprint density at radius 2 is 1.83 bits per heavy atom. The molecule has 0 aromatic heterocycles. The number of carboxylic acid groups (broad SMARTS) is 1. The van der Waals surface area contributed by atoms with Crippen LogP contribution in [0.1, 0.15) is 31.7 Å². The van der Waals surface area contributed by atoms with Crippen LogP contribution in [0, 0.1) is 12.8 Å². The van der Waals surface area contributed by atoms with Crippen LogP contribution >= 0.6 is 11.6 Å². The number of carbonyl (C=O) groups is 1. The van der Waals surface area contributed by atoms with Crippen molar-refractivity contribution in [1.82, 2.24) is 0 Å². The van der Waals surface area contributed by atoms with Crippen molar-refractivity contribution in [2.75, 3.05) is 23.0 Å². The lowest BCUT2D eigenvalue weighted by atomic mass is 9.94. The molecule has 2 aromatic carbocycles. The lowest BCUT2D eigenvalue weighted by molar-refractivity contribution is -0.137. The summed E-state index contributed by atoms with van der Waals surface area (Å²) in [6.07, 6.45) is -3.47. The number of hydrazone groups is 1. The van der Waals surface area contributed by atoms with Crippen LogP contribution in [0.4, 0.5) is 24.5 Å². The number of nitrogens with zero attached hydrogens (tertiary/aromatic N) is 3.